The number of hydrogen-bond donors (Lipinski definition) is 0. The maximum Gasteiger partial charge on any atom is 0.343 e. The summed E-state index contributed by atoms with van der Waals surface area (Å²) in [5.41, 5.74) is 0.990. The third-order valence-electron chi connectivity index (χ3n) is 4.78. The largest absolute Gasteiger partial charge is 0.497 e. The van der Waals surface area contributed by atoms with Gasteiger partial charge in [0.1, 0.15) is 29.6 Å². The van der Waals surface area contributed by atoms with E-state index in [1.807, 2.05) is 0 Å². The number of benzene rings is 3. The van der Waals surface area contributed by atoms with Crippen LogP contribution in [0, 0.1) is 0 Å². The van der Waals surface area contributed by atoms with Gasteiger partial charge in [-0.05, 0) is 66.7 Å². The molecular weight excluding hydrogens is 520 g/mol. The first-order valence-corrected chi connectivity index (χ1v) is 11.6. The van der Waals surface area contributed by atoms with Crippen molar-refractivity contribution in [2.24, 2.45) is 0 Å². The van der Waals surface area contributed by atoms with Crippen molar-refractivity contribution in [3.8, 4) is 23.0 Å². The third-order valence-corrected chi connectivity index (χ3v) is 5.18. The Kier molecular flexibility index (Phi) is 9.25. The van der Waals surface area contributed by atoms with Gasteiger partial charge in [-0.2, -0.15) is 0 Å². The topological polar surface area (TPSA) is 97.4 Å². The Morgan fingerprint density at radius 1 is 0.714 bits per heavy atom. The van der Waals surface area contributed by atoms with Crippen molar-refractivity contribution in [3.05, 3.63) is 83.4 Å². The number of carbonyl (C=O) groups is 3. The van der Waals surface area contributed by atoms with Gasteiger partial charge in [0, 0.05) is 10.9 Å². The molecule has 0 aliphatic rings. The fourth-order valence-electron chi connectivity index (χ4n) is 2.92. The number of halogens is 1. The van der Waals surface area contributed by atoms with Gasteiger partial charge in [-0.25, -0.2) is 9.59 Å². The molecule has 0 radical (unpaired) electrons. The van der Waals surface area contributed by atoms with E-state index in [9.17, 15) is 14.4 Å². The summed E-state index contributed by atoms with van der Waals surface area (Å²) in [6.45, 7) is -0.176. The molecule has 0 saturated carbocycles. The minimum atomic E-state index is -0.608. The summed E-state index contributed by atoms with van der Waals surface area (Å²) in [4.78, 5) is 37.0. The Bertz CT molecular complexity index is 1170. The van der Waals surface area contributed by atoms with Gasteiger partial charge in [0.2, 0.25) is 0 Å². The number of esters is 3. The summed E-state index contributed by atoms with van der Waals surface area (Å²) in [5, 5.41) is 0.449. The number of alkyl halides is 1. The molecule has 0 fully saturated rings. The first-order chi connectivity index (χ1) is 16.9. The normalized spacial score (nSPS) is 10.3. The van der Waals surface area contributed by atoms with E-state index in [1.165, 1.54) is 32.4 Å². The highest BCUT2D eigenvalue weighted by atomic mass is 79.9. The molecule has 0 aliphatic heterocycles. The van der Waals surface area contributed by atoms with Crippen LogP contribution in [-0.4, -0.2) is 37.5 Å². The zero-order chi connectivity index (χ0) is 25.2. The molecule has 35 heavy (non-hydrogen) atoms. The van der Waals surface area contributed by atoms with Crippen LogP contribution in [0.4, 0.5) is 0 Å². The van der Waals surface area contributed by atoms with Crippen LogP contribution >= 0.6 is 15.9 Å². The van der Waals surface area contributed by atoms with Crippen LogP contribution in [0.3, 0.4) is 0 Å². The summed E-state index contributed by atoms with van der Waals surface area (Å²) in [6.07, 6.45) is 0.174. The third kappa shape index (κ3) is 7.31. The molecule has 0 spiro atoms. The summed E-state index contributed by atoms with van der Waals surface area (Å²) in [7, 11) is 3.06. The Labute approximate surface area is 210 Å². The monoisotopic (exact) mass is 542 g/mol. The van der Waals surface area contributed by atoms with E-state index in [4.69, 9.17) is 23.7 Å². The molecule has 3 rings (SSSR count). The Morgan fingerprint density at radius 3 is 1.74 bits per heavy atom. The van der Waals surface area contributed by atoms with Gasteiger partial charge >= 0.3 is 17.9 Å². The van der Waals surface area contributed by atoms with Crippen molar-refractivity contribution in [3.63, 3.8) is 0 Å². The van der Waals surface area contributed by atoms with E-state index in [0.717, 1.165) is 0 Å². The lowest BCUT2D eigenvalue weighted by Gasteiger charge is -2.13. The van der Waals surface area contributed by atoms with E-state index in [2.05, 4.69) is 15.9 Å². The lowest BCUT2D eigenvalue weighted by Crippen LogP contribution is -2.12. The molecule has 0 bridgehead atoms. The van der Waals surface area contributed by atoms with Gasteiger partial charge in [0.25, 0.3) is 0 Å². The van der Waals surface area contributed by atoms with Crippen molar-refractivity contribution in [2.75, 3.05) is 19.5 Å². The van der Waals surface area contributed by atoms with Crippen LogP contribution in [-0.2, 0) is 16.1 Å². The molecule has 0 aliphatic carbocycles. The van der Waals surface area contributed by atoms with Crippen molar-refractivity contribution >= 4 is 33.8 Å². The molecular formula is C26H23BrO8. The number of hydrogen-bond acceptors (Lipinski definition) is 8. The van der Waals surface area contributed by atoms with Gasteiger partial charge in [-0.15, -0.1) is 0 Å². The molecule has 3 aromatic carbocycles. The van der Waals surface area contributed by atoms with Crippen molar-refractivity contribution in [1.82, 2.24) is 0 Å². The van der Waals surface area contributed by atoms with E-state index in [0.29, 0.717) is 33.5 Å². The van der Waals surface area contributed by atoms with E-state index in [-0.39, 0.29) is 24.5 Å². The lowest BCUT2D eigenvalue weighted by atomic mass is 10.2. The average molecular weight is 543 g/mol. The van der Waals surface area contributed by atoms with Crippen LogP contribution in [0.2, 0.25) is 0 Å². The van der Waals surface area contributed by atoms with Gasteiger partial charge in [0.05, 0.1) is 31.8 Å². The highest BCUT2D eigenvalue weighted by Crippen LogP contribution is 2.27. The van der Waals surface area contributed by atoms with E-state index < -0.39 is 17.9 Å². The van der Waals surface area contributed by atoms with E-state index in [1.54, 1.807) is 48.5 Å². The smallest absolute Gasteiger partial charge is 0.343 e. The van der Waals surface area contributed by atoms with Crippen LogP contribution in [0.5, 0.6) is 23.0 Å². The molecule has 9 heteroatoms. The lowest BCUT2D eigenvalue weighted by molar-refractivity contribution is -0.144. The highest BCUT2D eigenvalue weighted by Gasteiger charge is 2.16. The quantitative estimate of drug-likeness (QED) is 0.201. The van der Waals surface area contributed by atoms with Gasteiger partial charge < -0.3 is 23.7 Å². The molecule has 182 valence electrons. The molecule has 8 nitrogen and oxygen atoms in total. The fraction of sp³-hybridized carbons (Fsp3) is 0.192. The van der Waals surface area contributed by atoms with Crippen LogP contribution < -0.4 is 18.9 Å². The molecule has 3 aromatic rings. The van der Waals surface area contributed by atoms with Gasteiger partial charge in [-0.3, -0.25) is 4.79 Å². The molecule has 0 heterocycles. The summed E-state index contributed by atoms with van der Waals surface area (Å²) < 4.78 is 26.4. The van der Waals surface area contributed by atoms with Crippen molar-refractivity contribution < 1.29 is 38.1 Å². The Hall–Kier alpha value is -3.85. The van der Waals surface area contributed by atoms with Gasteiger partial charge in [0.15, 0.2) is 0 Å². The second-order valence-corrected chi connectivity index (χ2v) is 7.90. The van der Waals surface area contributed by atoms with E-state index >= 15 is 0 Å². The Balaban J connectivity index is 1.79. The number of carbonyl (C=O) groups excluding carboxylic acids is 3. The van der Waals surface area contributed by atoms with Crippen molar-refractivity contribution in [1.29, 1.82) is 0 Å². The molecule has 0 unspecified atom stereocenters. The van der Waals surface area contributed by atoms with Crippen molar-refractivity contribution in [2.45, 2.75) is 13.0 Å². The minimum Gasteiger partial charge on any atom is -0.497 e. The zero-order valence-electron chi connectivity index (χ0n) is 19.1. The summed E-state index contributed by atoms with van der Waals surface area (Å²) in [5.74, 6) is -0.0547. The second-order valence-electron chi connectivity index (χ2n) is 7.11. The second kappa shape index (κ2) is 12.6. The predicted molar refractivity (Wildman–Crippen MR) is 131 cm³/mol. The average Bonchev–Trinajstić information content (AvgIpc) is 2.88. The zero-order valence-corrected chi connectivity index (χ0v) is 20.7. The van der Waals surface area contributed by atoms with Crippen LogP contribution in [0.15, 0.2) is 66.7 Å². The number of methoxy groups -OCH3 is 2. The standard InChI is InChI=1S/C26H23BrO8/c1-31-20-7-3-17(4-8-20)25(29)34-22-11-12-23(19(15-22)16-33-24(28)13-14-27)35-26(30)18-5-9-21(32-2)10-6-18/h3-12,15H,13-14,16H2,1-2H3. The molecule has 0 saturated heterocycles. The maximum absolute atomic E-state index is 12.6. The van der Waals surface area contributed by atoms with Crippen LogP contribution in [0.1, 0.15) is 32.7 Å². The van der Waals surface area contributed by atoms with Gasteiger partial charge in [-0.1, -0.05) is 15.9 Å². The number of ether oxygens (including phenoxy) is 5. The highest BCUT2D eigenvalue weighted by molar-refractivity contribution is 9.09. The van der Waals surface area contributed by atoms with Crippen LogP contribution in [0.25, 0.3) is 0 Å². The fourth-order valence-corrected chi connectivity index (χ4v) is 3.24. The summed E-state index contributed by atoms with van der Waals surface area (Å²) >= 11 is 3.18. The SMILES string of the molecule is COc1ccc(C(=O)Oc2ccc(OC(=O)c3ccc(OC)cc3)c(COC(=O)CCBr)c2)cc1. The molecule has 0 N–H and O–H groups in total. The Morgan fingerprint density at radius 2 is 1.23 bits per heavy atom. The molecule has 0 atom stereocenters. The first kappa shape index (κ1) is 25.8. The number of rotatable bonds is 10. The predicted octanol–water partition coefficient (Wildman–Crippen LogP) is 4.97. The molecule has 0 amide bonds. The maximum atomic E-state index is 12.6. The summed E-state index contributed by atoms with van der Waals surface area (Å²) in [6, 6.07) is 17.3. The minimum absolute atomic E-state index is 0.168. The first-order valence-electron chi connectivity index (χ1n) is 10.5. The molecule has 0 aromatic heterocycles.